The minimum Gasteiger partial charge on any atom is -0.495 e. The van der Waals surface area contributed by atoms with E-state index < -0.39 is 10.0 Å². The molecule has 1 amide bonds. The Labute approximate surface area is 142 Å². The third kappa shape index (κ3) is 3.40. The van der Waals surface area contributed by atoms with Gasteiger partial charge >= 0.3 is 0 Å². The number of amides is 1. The van der Waals surface area contributed by atoms with Crippen molar-refractivity contribution in [1.82, 2.24) is 4.31 Å². The SMILES string of the molecule is COc1ccc(S(=O)(=O)N2CCOCC2)cc1NC(=O)C1CCC1. The Bertz CT molecular complexity index is 709. The molecule has 0 radical (unpaired) electrons. The second-order valence-corrected chi connectivity index (χ2v) is 7.93. The van der Waals surface area contributed by atoms with E-state index in [2.05, 4.69) is 5.32 Å². The second-order valence-electron chi connectivity index (χ2n) is 6.00. The van der Waals surface area contributed by atoms with Crippen LogP contribution in [0.2, 0.25) is 0 Å². The molecule has 1 saturated carbocycles. The summed E-state index contributed by atoms with van der Waals surface area (Å²) in [5.41, 5.74) is 0.392. The molecule has 1 saturated heterocycles. The highest BCUT2D eigenvalue weighted by molar-refractivity contribution is 7.89. The number of hydrogen-bond acceptors (Lipinski definition) is 5. The second kappa shape index (κ2) is 7.08. The molecule has 2 fully saturated rings. The van der Waals surface area contributed by atoms with E-state index in [9.17, 15) is 13.2 Å². The summed E-state index contributed by atoms with van der Waals surface area (Å²) < 4.78 is 37.3. The van der Waals surface area contributed by atoms with Gasteiger partial charge in [0, 0.05) is 19.0 Å². The zero-order valence-corrected chi connectivity index (χ0v) is 14.5. The van der Waals surface area contributed by atoms with Crippen LogP contribution in [0.25, 0.3) is 0 Å². The van der Waals surface area contributed by atoms with Crippen molar-refractivity contribution < 1.29 is 22.7 Å². The number of carbonyl (C=O) groups excluding carboxylic acids is 1. The van der Waals surface area contributed by atoms with E-state index >= 15 is 0 Å². The fraction of sp³-hybridized carbons (Fsp3) is 0.562. The number of benzene rings is 1. The minimum absolute atomic E-state index is 0.00853. The van der Waals surface area contributed by atoms with Gasteiger partial charge in [-0.2, -0.15) is 4.31 Å². The lowest BCUT2D eigenvalue weighted by atomic mass is 9.85. The Balaban J connectivity index is 1.86. The predicted molar refractivity (Wildman–Crippen MR) is 88.5 cm³/mol. The van der Waals surface area contributed by atoms with Crippen LogP contribution >= 0.6 is 0 Å². The average molecular weight is 354 g/mol. The Morgan fingerprint density at radius 3 is 2.58 bits per heavy atom. The number of ether oxygens (including phenoxy) is 2. The monoisotopic (exact) mass is 354 g/mol. The third-order valence-corrected chi connectivity index (χ3v) is 6.41. The molecule has 1 N–H and O–H groups in total. The molecule has 7 nitrogen and oxygen atoms in total. The summed E-state index contributed by atoms with van der Waals surface area (Å²) in [6.07, 6.45) is 2.81. The van der Waals surface area contributed by atoms with Gasteiger partial charge in [0.25, 0.3) is 0 Å². The molecule has 0 aromatic heterocycles. The van der Waals surface area contributed by atoms with Gasteiger partial charge in [0.05, 0.1) is 30.9 Å². The molecule has 2 aliphatic rings. The van der Waals surface area contributed by atoms with Crippen LogP contribution in [0.5, 0.6) is 5.75 Å². The maximum atomic E-state index is 12.7. The first-order valence-corrected chi connectivity index (χ1v) is 9.53. The average Bonchev–Trinajstić information content (AvgIpc) is 2.54. The molecule has 0 spiro atoms. The fourth-order valence-corrected chi connectivity index (χ4v) is 4.22. The van der Waals surface area contributed by atoms with Crippen LogP contribution in [0.1, 0.15) is 19.3 Å². The molecule has 1 heterocycles. The number of hydrogen-bond donors (Lipinski definition) is 1. The number of carbonyl (C=O) groups is 1. The smallest absolute Gasteiger partial charge is 0.243 e. The predicted octanol–water partition coefficient (Wildman–Crippen LogP) is 1.45. The van der Waals surface area contributed by atoms with Crippen molar-refractivity contribution in [3.8, 4) is 5.75 Å². The Morgan fingerprint density at radius 1 is 1.29 bits per heavy atom. The number of rotatable bonds is 5. The van der Waals surface area contributed by atoms with E-state index in [1.54, 1.807) is 6.07 Å². The number of anilines is 1. The fourth-order valence-electron chi connectivity index (χ4n) is 2.79. The van der Waals surface area contributed by atoms with Crippen molar-refractivity contribution in [2.24, 2.45) is 5.92 Å². The Hall–Kier alpha value is -1.64. The van der Waals surface area contributed by atoms with Crippen LogP contribution in [0.3, 0.4) is 0 Å². The van der Waals surface area contributed by atoms with Gasteiger partial charge in [0.1, 0.15) is 5.75 Å². The van der Waals surface area contributed by atoms with Gasteiger partial charge in [-0.3, -0.25) is 4.79 Å². The summed E-state index contributed by atoms with van der Waals surface area (Å²) in [6, 6.07) is 4.55. The highest BCUT2D eigenvalue weighted by Crippen LogP contribution is 2.32. The normalized spacial score (nSPS) is 19.5. The minimum atomic E-state index is -3.61. The Morgan fingerprint density at radius 2 is 2.00 bits per heavy atom. The van der Waals surface area contributed by atoms with E-state index in [0.29, 0.717) is 37.7 Å². The van der Waals surface area contributed by atoms with E-state index in [0.717, 1.165) is 19.3 Å². The van der Waals surface area contributed by atoms with Gasteiger partial charge in [0.15, 0.2) is 0 Å². The maximum absolute atomic E-state index is 12.7. The molecule has 1 aromatic carbocycles. The van der Waals surface area contributed by atoms with Crippen molar-refractivity contribution in [1.29, 1.82) is 0 Å². The highest BCUT2D eigenvalue weighted by atomic mass is 32.2. The molecular formula is C16H22N2O5S. The molecule has 1 aromatic rings. The van der Waals surface area contributed by atoms with Crippen LogP contribution in [0.15, 0.2) is 23.1 Å². The number of sulfonamides is 1. The van der Waals surface area contributed by atoms with Gasteiger partial charge in [-0.15, -0.1) is 0 Å². The quantitative estimate of drug-likeness (QED) is 0.865. The molecule has 3 rings (SSSR count). The first-order chi connectivity index (χ1) is 11.5. The molecule has 8 heteroatoms. The van der Waals surface area contributed by atoms with Crippen molar-refractivity contribution in [3.05, 3.63) is 18.2 Å². The zero-order valence-electron chi connectivity index (χ0n) is 13.7. The molecule has 0 unspecified atom stereocenters. The van der Waals surface area contributed by atoms with Crippen molar-refractivity contribution in [2.75, 3.05) is 38.7 Å². The largest absolute Gasteiger partial charge is 0.495 e. The number of morpholine rings is 1. The van der Waals surface area contributed by atoms with E-state index in [-0.39, 0.29) is 16.7 Å². The summed E-state index contributed by atoms with van der Waals surface area (Å²) in [5.74, 6) is 0.373. The third-order valence-electron chi connectivity index (χ3n) is 4.51. The van der Waals surface area contributed by atoms with Gasteiger partial charge in [-0.1, -0.05) is 6.42 Å². The highest BCUT2D eigenvalue weighted by Gasteiger charge is 2.29. The first kappa shape index (κ1) is 17.2. The zero-order chi connectivity index (χ0) is 17.2. The molecular weight excluding hydrogens is 332 g/mol. The topological polar surface area (TPSA) is 84.9 Å². The summed E-state index contributed by atoms with van der Waals surface area (Å²) in [6.45, 7) is 1.44. The van der Waals surface area contributed by atoms with Crippen LogP contribution in [0, 0.1) is 5.92 Å². The van der Waals surface area contributed by atoms with Crippen molar-refractivity contribution in [2.45, 2.75) is 24.2 Å². The number of nitrogens with one attached hydrogen (secondary N) is 1. The molecule has 1 aliphatic carbocycles. The molecule has 24 heavy (non-hydrogen) atoms. The van der Waals surface area contributed by atoms with Crippen LogP contribution in [-0.2, 0) is 19.6 Å². The molecule has 1 aliphatic heterocycles. The van der Waals surface area contributed by atoms with Crippen molar-refractivity contribution in [3.63, 3.8) is 0 Å². The number of nitrogens with zero attached hydrogens (tertiary/aromatic N) is 1. The summed E-state index contributed by atoms with van der Waals surface area (Å²) >= 11 is 0. The summed E-state index contributed by atoms with van der Waals surface area (Å²) in [7, 11) is -2.12. The van der Waals surface area contributed by atoms with Crippen LogP contribution in [0.4, 0.5) is 5.69 Å². The Kier molecular flexibility index (Phi) is 5.07. The molecule has 0 atom stereocenters. The van der Waals surface area contributed by atoms with E-state index in [4.69, 9.17) is 9.47 Å². The summed E-state index contributed by atoms with van der Waals surface area (Å²) in [4.78, 5) is 12.3. The lowest BCUT2D eigenvalue weighted by Crippen LogP contribution is -2.40. The van der Waals surface area contributed by atoms with Crippen LogP contribution < -0.4 is 10.1 Å². The molecule has 132 valence electrons. The van der Waals surface area contributed by atoms with E-state index in [1.807, 2.05) is 0 Å². The van der Waals surface area contributed by atoms with Crippen LogP contribution in [-0.4, -0.2) is 52.0 Å². The van der Waals surface area contributed by atoms with Gasteiger partial charge in [-0.25, -0.2) is 8.42 Å². The van der Waals surface area contributed by atoms with Gasteiger partial charge in [0.2, 0.25) is 15.9 Å². The standard InChI is InChI=1S/C16H22N2O5S/c1-22-15-6-5-13(24(20,21)18-7-9-23-10-8-18)11-14(15)17-16(19)12-3-2-4-12/h5-6,11-12H,2-4,7-10H2,1H3,(H,17,19). The molecule has 0 bridgehead atoms. The van der Waals surface area contributed by atoms with Crippen molar-refractivity contribution >= 4 is 21.6 Å². The lowest BCUT2D eigenvalue weighted by Gasteiger charge is -2.27. The van der Waals surface area contributed by atoms with E-state index in [1.165, 1.54) is 23.5 Å². The van der Waals surface area contributed by atoms with Gasteiger partial charge in [-0.05, 0) is 31.0 Å². The summed E-state index contributed by atoms with van der Waals surface area (Å²) in [5, 5.41) is 2.81. The first-order valence-electron chi connectivity index (χ1n) is 8.09. The maximum Gasteiger partial charge on any atom is 0.243 e. The van der Waals surface area contributed by atoms with Gasteiger partial charge < -0.3 is 14.8 Å². The number of methoxy groups -OCH3 is 1. The lowest BCUT2D eigenvalue weighted by molar-refractivity contribution is -0.122.